The average molecular weight is 312 g/mol. The molecular weight excluding hydrogens is 278 g/mol. The van der Waals surface area contributed by atoms with Crippen molar-refractivity contribution in [3.05, 3.63) is 64.7 Å². The molecule has 0 amide bonds. The number of fused-ring (bicyclic) bond motifs is 1. The van der Waals surface area contributed by atoms with Crippen molar-refractivity contribution < 1.29 is 23.9 Å². The summed E-state index contributed by atoms with van der Waals surface area (Å²) >= 11 is 0.947. The lowest BCUT2D eigenvalue weighted by Crippen LogP contribution is -2.15. The predicted octanol–water partition coefficient (Wildman–Crippen LogP) is 4.63. The zero-order valence-corrected chi connectivity index (χ0v) is 11.4. The molecule has 1 heterocycles. The second-order valence-electron chi connectivity index (χ2n) is 3.86. The quantitative estimate of drug-likeness (QED) is 0.716. The monoisotopic (exact) mass is 311 g/mol. The number of nitrogens with one attached hydrogen (secondary N) is 1. The maximum absolute atomic E-state index is 8.50. The molecule has 0 aliphatic carbocycles. The molecule has 2 aromatic carbocycles. The van der Waals surface area contributed by atoms with Crippen molar-refractivity contribution in [2.24, 2.45) is 0 Å². The van der Waals surface area contributed by atoms with Crippen LogP contribution < -0.4 is 10.1 Å². The zero-order valence-electron chi connectivity index (χ0n) is 24.6. The van der Waals surface area contributed by atoms with Gasteiger partial charge in [-0.1, -0.05) is 42.3 Å². The molecule has 1 N–H and O–H groups in total. The molecule has 1 unspecified atom stereocenters. The smallest absolute Gasteiger partial charge is 0.134 e. The number of thiophene rings is 1. The van der Waals surface area contributed by atoms with Crippen LogP contribution in [0.2, 0.25) is 0 Å². The van der Waals surface area contributed by atoms with Crippen LogP contribution in [0.15, 0.2) is 59.8 Å². The first-order chi connectivity index (χ1) is 15.9. The number of rotatable bonds is 6. The van der Waals surface area contributed by atoms with E-state index in [1.807, 2.05) is 0 Å². The fourth-order valence-corrected chi connectivity index (χ4v) is 2.40. The minimum atomic E-state index is -3.20. The van der Waals surface area contributed by atoms with Crippen molar-refractivity contribution >= 4 is 22.1 Å². The first-order valence-corrected chi connectivity index (χ1v) is 6.79. The van der Waals surface area contributed by atoms with Crippen molar-refractivity contribution in [2.75, 3.05) is 13.5 Å². The van der Waals surface area contributed by atoms with E-state index in [0.717, 1.165) is 11.3 Å². The topological polar surface area (TPSA) is 21.3 Å². The Morgan fingerprint density at radius 2 is 2.24 bits per heavy atom. The third-order valence-corrected chi connectivity index (χ3v) is 3.50. The van der Waals surface area contributed by atoms with E-state index in [0.29, 0.717) is 0 Å². The lowest BCUT2D eigenvalue weighted by Gasteiger charge is -2.19. The van der Waals surface area contributed by atoms with Crippen molar-refractivity contribution in [2.45, 2.75) is 12.5 Å². The van der Waals surface area contributed by atoms with Gasteiger partial charge in [-0.05, 0) is 36.3 Å². The zero-order chi connectivity index (χ0) is 26.7. The Balaban J connectivity index is 2.33. The van der Waals surface area contributed by atoms with Crippen LogP contribution in [0.1, 0.15) is 36.5 Å². The summed E-state index contributed by atoms with van der Waals surface area (Å²) in [5.74, 6) is -0.653. The maximum atomic E-state index is 8.50. The van der Waals surface area contributed by atoms with Gasteiger partial charge in [0.15, 0.2) is 0 Å². The van der Waals surface area contributed by atoms with Gasteiger partial charge in [0.25, 0.3) is 0 Å². The molecule has 0 spiro atoms. The van der Waals surface area contributed by atoms with Crippen LogP contribution in [0.5, 0.6) is 5.75 Å². The number of hydrogen-bond acceptors (Lipinski definition) is 3. The standard InChI is InChI=1S/C18H19NOS/c1-19-12-11-17(18-10-5-13-21-18)20-16-9-4-7-14-6-2-3-8-15(14)16/h2-10,13,17,19H,11-12H2,1H3/i1D3,2D,3D,4D,6D,7D,8D,9D,11D2,12D2. The summed E-state index contributed by atoms with van der Waals surface area (Å²) in [5.41, 5.74) is 0. The Morgan fingerprint density at radius 1 is 1.33 bits per heavy atom. The van der Waals surface area contributed by atoms with Gasteiger partial charge in [0.2, 0.25) is 0 Å². The molecule has 3 aromatic rings. The average Bonchev–Trinajstić information content (AvgIpc) is 3.26. The summed E-state index contributed by atoms with van der Waals surface area (Å²) < 4.78 is 118. The first-order valence-electron chi connectivity index (χ1n) is 12.9. The Hall–Kier alpha value is -1.84. The van der Waals surface area contributed by atoms with E-state index in [-0.39, 0.29) is 4.88 Å². The third kappa shape index (κ3) is 3.26. The second-order valence-corrected chi connectivity index (χ2v) is 4.84. The minimum absolute atomic E-state index is 0.0843. The largest absolute Gasteiger partial charge is 0.484 e. The van der Waals surface area contributed by atoms with Gasteiger partial charge in [-0.3, -0.25) is 0 Å². The highest BCUT2D eigenvalue weighted by Crippen LogP contribution is 2.32. The van der Waals surface area contributed by atoms with E-state index >= 15 is 0 Å². The summed E-state index contributed by atoms with van der Waals surface area (Å²) in [7, 11) is 0. The fraction of sp³-hybridized carbons (Fsp3) is 0.222. The van der Waals surface area contributed by atoms with Gasteiger partial charge in [-0.25, -0.2) is 0 Å². The van der Waals surface area contributed by atoms with E-state index in [2.05, 4.69) is 0 Å². The molecule has 0 saturated carbocycles. The molecule has 2 nitrogen and oxygen atoms in total. The molecule has 0 saturated heterocycles. The van der Waals surface area contributed by atoms with Gasteiger partial charge >= 0.3 is 0 Å². The van der Waals surface area contributed by atoms with Gasteiger partial charge in [0.05, 0.1) is 9.60 Å². The van der Waals surface area contributed by atoms with Gasteiger partial charge in [0, 0.05) is 26.2 Å². The van der Waals surface area contributed by atoms with Crippen LogP contribution in [0.4, 0.5) is 0 Å². The first kappa shape index (κ1) is 5.11. The molecular formula is C18H19NOS. The molecule has 0 aliphatic heterocycles. The van der Waals surface area contributed by atoms with E-state index in [1.165, 1.54) is 17.5 Å². The SMILES string of the molecule is [2H]c1c([2H])c([2H])c2c(OC(c3cccs3)C([2H])([2H])C([2H])([2H])NC([2H])([2H])[2H])c([2H])c([2H])c([2H])c2c1[2H]. The second kappa shape index (κ2) is 6.74. The molecule has 0 aliphatic rings. The van der Waals surface area contributed by atoms with Gasteiger partial charge in [-0.2, -0.15) is 0 Å². The highest BCUT2D eigenvalue weighted by molar-refractivity contribution is 7.10. The minimum Gasteiger partial charge on any atom is -0.484 e. The molecule has 0 fully saturated rings. The number of ether oxygens (including phenoxy) is 1. The Morgan fingerprint density at radius 3 is 3.10 bits per heavy atom. The summed E-state index contributed by atoms with van der Waals surface area (Å²) in [6, 6.07) is -2.00. The van der Waals surface area contributed by atoms with E-state index in [9.17, 15) is 0 Å². The molecule has 108 valence electrons. The van der Waals surface area contributed by atoms with Crippen LogP contribution >= 0.6 is 11.3 Å². The van der Waals surface area contributed by atoms with Crippen molar-refractivity contribution in [3.8, 4) is 5.75 Å². The highest BCUT2D eigenvalue weighted by atomic mass is 32.1. The van der Waals surface area contributed by atoms with Crippen LogP contribution in [0.3, 0.4) is 0 Å². The summed E-state index contributed by atoms with van der Waals surface area (Å²) in [4.78, 5) is 0.0843. The fourth-order valence-electron chi connectivity index (χ4n) is 1.70. The van der Waals surface area contributed by atoms with Crippen LogP contribution in [0, 0.1) is 0 Å². The van der Waals surface area contributed by atoms with Crippen molar-refractivity contribution in [1.82, 2.24) is 5.32 Å². The molecule has 0 bridgehead atoms. The van der Waals surface area contributed by atoms with Crippen molar-refractivity contribution in [3.63, 3.8) is 0 Å². The van der Waals surface area contributed by atoms with Crippen molar-refractivity contribution in [1.29, 1.82) is 0 Å². The van der Waals surface area contributed by atoms with Gasteiger partial charge in [-0.15, -0.1) is 11.3 Å². The summed E-state index contributed by atoms with van der Waals surface area (Å²) in [6.45, 7) is -6.27. The van der Waals surface area contributed by atoms with Crippen LogP contribution in [-0.4, -0.2) is 13.5 Å². The Labute approximate surface area is 149 Å². The molecule has 21 heavy (non-hydrogen) atoms. The highest BCUT2D eigenvalue weighted by Gasteiger charge is 2.15. The molecule has 0 radical (unpaired) electrons. The van der Waals surface area contributed by atoms with E-state index < -0.39 is 84.8 Å². The Kier molecular flexibility index (Phi) is 1.64. The van der Waals surface area contributed by atoms with Gasteiger partial charge in [0.1, 0.15) is 11.9 Å². The Bertz CT molecular complexity index is 1260. The normalized spacial score (nSPS) is 24.0. The van der Waals surface area contributed by atoms with Crippen LogP contribution in [0.25, 0.3) is 10.8 Å². The predicted molar refractivity (Wildman–Crippen MR) is 90.2 cm³/mol. The number of hydrogen-bond donors (Lipinski definition) is 1. The van der Waals surface area contributed by atoms with Crippen LogP contribution in [-0.2, 0) is 0 Å². The van der Waals surface area contributed by atoms with E-state index in [4.69, 9.17) is 23.9 Å². The molecule has 3 heteroatoms. The lowest BCUT2D eigenvalue weighted by molar-refractivity contribution is 0.201. The summed E-state index contributed by atoms with van der Waals surface area (Å²) in [6.07, 6.45) is -5.02. The third-order valence-electron chi connectivity index (χ3n) is 2.58. The van der Waals surface area contributed by atoms with E-state index in [1.54, 1.807) is 5.32 Å². The molecule has 1 aromatic heterocycles. The van der Waals surface area contributed by atoms with Gasteiger partial charge < -0.3 is 10.1 Å². The lowest BCUT2D eigenvalue weighted by atomic mass is 10.1. The molecule has 1 atom stereocenters. The summed E-state index contributed by atoms with van der Waals surface area (Å²) in [5, 5.41) is 2.29. The molecule has 3 rings (SSSR count). The number of benzene rings is 2. The maximum Gasteiger partial charge on any atom is 0.134 e.